The predicted molar refractivity (Wildman–Crippen MR) is 175 cm³/mol. The Morgan fingerprint density at radius 1 is 0.410 bits per heavy atom. The Morgan fingerprint density at radius 3 is 1.10 bits per heavy atom. The monoisotopic (exact) mass is 549 g/mol. The first-order valence-electron chi connectivity index (χ1n) is 18.1. The first kappa shape index (κ1) is 38.2. The maximum Gasteiger partial charge on any atom is 0.305 e. The third-order valence-corrected chi connectivity index (χ3v) is 8.15. The van der Waals surface area contributed by atoms with Crippen molar-refractivity contribution in [3.8, 4) is 0 Å². The molecule has 0 fully saturated rings. The summed E-state index contributed by atoms with van der Waals surface area (Å²) in [4.78, 5) is 11.9. The first-order chi connectivity index (χ1) is 19.3. The minimum atomic E-state index is 0.0235. The summed E-state index contributed by atoms with van der Waals surface area (Å²) >= 11 is 0. The Morgan fingerprint density at radius 2 is 0.718 bits per heavy atom. The lowest BCUT2D eigenvalue weighted by atomic mass is 10.0. The Labute approximate surface area is 246 Å². The maximum absolute atomic E-state index is 11.9. The van der Waals surface area contributed by atoms with Crippen LogP contribution in [0.25, 0.3) is 0 Å². The van der Waals surface area contributed by atoms with Crippen LogP contribution in [0.4, 0.5) is 0 Å². The molecule has 0 N–H and O–H groups in total. The first-order valence-corrected chi connectivity index (χ1v) is 18.1. The van der Waals surface area contributed by atoms with E-state index in [-0.39, 0.29) is 5.97 Å². The van der Waals surface area contributed by atoms with Crippen molar-refractivity contribution in [2.75, 3.05) is 6.61 Å². The van der Waals surface area contributed by atoms with Crippen molar-refractivity contribution in [3.05, 3.63) is 12.2 Å². The van der Waals surface area contributed by atoms with Crippen LogP contribution in [0.2, 0.25) is 0 Å². The molecule has 0 heterocycles. The number of rotatable bonds is 33. The fourth-order valence-electron chi connectivity index (χ4n) is 5.43. The average Bonchev–Trinajstić information content (AvgIpc) is 2.94. The summed E-state index contributed by atoms with van der Waals surface area (Å²) < 4.78 is 5.44. The van der Waals surface area contributed by atoms with E-state index in [1.54, 1.807) is 0 Å². The van der Waals surface area contributed by atoms with Gasteiger partial charge in [0.2, 0.25) is 0 Å². The molecule has 0 saturated carbocycles. The van der Waals surface area contributed by atoms with E-state index < -0.39 is 0 Å². The molecule has 0 amide bonds. The summed E-state index contributed by atoms with van der Waals surface area (Å²) in [6, 6.07) is 0. The summed E-state index contributed by atoms with van der Waals surface area (Å²) in [6.07, 6.45) is 45.6. The highest BCUT2D eigenvalue weighted by Crippen LogP contribution is 2.14. The normalized spacial score (nSPS) is 11.5. The highest BCUT2D eigenvalue weighted by atomic mass is 16.5. The van der Waals surface area contributed by atoms with E-state index in [9.17, 15) is 4.79 Å². The van der Waals surface area contributed by atoms with E-state index in [4.69, 9.17) is 4.74 Å². The number of hydrogen-bond acceptors (Lipinski definition) is 2. The number of esters is 1. The molecule has 0 radical (unpaired) electrons. The molecule has 0 atom stereocenters. The SMILES string of the molecule is CCCCCCCC/C=C\CCCCCCCCCCCCOC(=O)CCCCCCCCCCCCCC. The fourth-order valence-corrected chi connectivity index (χ4v) is 5.43. The summed E-state index contributed by atoms with van der Waals surface area (Å²) in [5, 5.41) is 0. The predicted octanol–water partition coefficient (Wildman–Crippen LogP) is 13.2. The van der Waals surface area contributed by atoms with Crippen LogP contribution in [0.1, 0.15) is 213 Å². The number of allylic oxidation sites excluding steroid dienone is 2. The van der Waals surface area contributed by atoms with Crippen molar-refractivity contribution in [2.24, 2.45) is 0 Å². The number of carbonyl (C=O) groups excluding carboxylic acids is 1. The van der Waals surface area contributed by atoms with Crippen molar-refractivity contribution >= 4 is 5.97 Å². The minimum absolute atomic E-state index is 0.0235. The fraction of sp³-hybridized carbons (Fsp3) is 0.919. The quantitative estimate of drug-likeness (QED) is 0.0463. The molecule has 0 rings (SSSR count). The average molecular weight is 549 g/mol. The lowest BCUT2D eigenvalue weighted by Gasteiger charge is -2.06. The van der Waals surface area contributed by atoms with E-state index in [0.717, 1.165) is 12.8 Å². The van der Waals surface area contributed by atoms with Gasteiger partial charge in [0.25, 0.3) is 0 Å². The second-order valence-electron chi connectivity index (χ2n) is 12.2. The van der Waals surface area contributed by atoms with Crippen LogP contribution in [0.5, 0.6) is 0 Å². The molecule has 0 bridgehead atoms. The number of carbonyl (C=O) groups is 1. The third kappa shape index (κ3) is 35.2. The summed E-state index contributed by atoms with van der Waals surface area (Å²) in [5.74, 6) is 0.0235. The molecule has 0 unspecified atom stereocenters. The molecular formula is C37H72O2. The van der Waals surface area contributed by atoms with Crippen molar-refractivity contribution in [1.82, 2.24) is 0 Å². The van der Waals surface area contributed by atoms with Crippen LogP contribution in [0.3, 0.4) is 0 Å². The molecule has 2 heteroatoms. The molecule has 2 nitrogen and oxygen atoms in total. The zero-order valence-electron chi connectivity index (χ0n) is 27.1. The Bertz CT molecular complexity index is 484. The Kier molecular flexibility index (Phi) is 34.5. The van der Waals surface area contributed by atoms with Gasteiger partial charge in [-0.3, -0.25) is 4.79 Å². The van der Waals surface area contributed by atoms with E-state index in [1.165, 1.54) is 180 Å². The summed E-state index contributed by atoms with van der Waals surface area (Å²) in [5.41, 5.74) is 0. The molecule has 0 aromatic carbocycles. The van der Waals surface area contributed by atoms with Gasteiger partial charge in [-0.2, -0.15) is 0 Å². The van der Waals surface area contributed by atoms with Gasteiger partial charge < -0.3 is 4.74 Å². The van der Waals surface area contributed by atoms with Gasteiger partial charge in [-0.05, 0) is 38.5 Å². The number of unbranched alkanes of at least 4 members (excludes halogenated alkanes) is 27. The zero-order valence-corrected chi connectivity index (χ0v) is 27.1. The van der Waals surface area contributed by atoms with Crippen molar-refractivity contribution < 1.29 is 9.53 Å². The molecule has 0 aliphatic rings. The van der Waals surface area contributed by atoms with Crippen molar-refractivity contribution in [2.45, 2.75) is 213 Å². The smallest absolute Gasteiger partial charge is 0.305 e. The third-order valence-electron chi connectivity index (χ3n) is 8.15. The zero-order chi connectivity index (χ0) is 28.3. The van der Waals surface area contributed by atoms with Gasteiger partial charge >= 0.3 is 5.97 Å². The lowest BCUT2D eigenvalue weighted by molar-refractivity contribution is -0.143. The Hall–Kier alpha value is -0.790. The summed E-state index contributed by atoms with van der Waals surface area (Å²) in [6.45, 7) is 5.20. The second-order valence-corrected chi connectivity index (χ2v) is 12.2. The van der Waals surface area contributed by atoms with Crippen molar-refractivity contribution in [1.29, 1.82) is 0 Å². The van der Waals surface area contributed by atoms with Gasteiger partial charge in [0.15, 0.2) is 0 Å². The highest BCUT2D eigenvalue weighted by molar-refractivity contribution is 5.69. The van der Waals surface area contributed by atoms with Crippen LogP contribution in [0.15, 0.2) is 12.2 Å². The molecule has 0 aliphatic carbocycles. The topological polar surface area (TPSA) is 26.3 Å². The molecule has 0 aromatic rings. The standard InChI is InChI=1S/C37H72O2/c1-3-5-7-9-11-13-15-17-18-19-20-21-22-23-24-26-28-30-32-34-36-39-37(38)35-33-31-29-27-25-16-14-12-10-8-6-4-2/h17-18H,3-16,19-36H2,1-2H3/b18-17-. The van der Waals surface area contributed by atoms with Crippen LogP contribution in [-0.2, 0) is 9.53 Å². The molecule has 0 aliphatic heterocycles. The number of hydrogen-bond donors (Lipinski definition) is 0. The second kappa shape index (κ2) is 35.2. The van der Waals surface area contributed by atoms with E-state index in [0.29, 0.717) is 13.0 Å². The van der Waals surface area contributed by atoms with Gasteiger partial charge in [-0.25, -0.2) is 0 Å². The van der Waals surface area contributed by atoms with E-state index in [1.807, 2.05) is 0 Å². The maximum atomic E-state index is 11.9. The molecule has 0 spiro atoms. The lowest BCUT2D eigenvalue weighted by Crippen LogP contribution is -2.05. The van der Waals surface area contributed by atoms with Crippen molar-refractivity contribution in [3.63, 3.8) is 0 Å². The van der Waals surface area contributed by atoms with Gasteiger partial charge in [-0.15, -0.1) is 0 Å². The van der Waals surface area contributed by atoms with E-state index in [2.05, 4.69) is 26.0 Å². The summed E-state index contributed by atoms with van der Waals surface area (Å²) in [7, 11) is 0. The van der Waals surface area contributed by atoms with Gasteiger partial charge in [0.1, 0.15) is 0 Å². The highest BCUT2D eigenvalue weighted by Gasteiger charge is 2.02. The van der Waals surface area contributed by atoms with Gasteiger partial charge in [0.05, 0.1) is 6.61 Å². The van der Waals surface area contributed by atoms with E-state index >= 15 is 0 Å². The van der Waals surface area contributed by atoms with Crippen LogP contribution in [0, 0.1) is 0 Å². The molecule has 0 aromatic heterocycles. The Balaban J connectivity index is 3.17. The largest absolute Gasteiger partial charge is 0.466 e. The molecule has 39 heavy (non-hydrogen) atoms. The van der Waals surface area contributed by atoms with Gasteiger partial charge in [0, 0.05) is 6.42 Å². The van der Waals surface area contributed by atoms with Crippen LogP contribution >= 0.6 is 0 Å². The molecular weight excluding hydrogens is 476 g/mol. The minimum Gasteiger partial charge on any atom is -0.466 e. The number of ether oxygens (including phenoxy) is 1. The van der Waals surface area contributed by atoms with Crippen LogP contribution in [-0.4, -0.2) is 12.6 Å². The molecule has 0 saturated heterocycles. The van der Waals surface area contributed by atoms with Crippen LogP contribution < -0.4 is 0 Å². The molecule has 232 valence electrons. The van der Waals surface area contributed by atoms with Gasteiger partial charge in [-0.1, -0.05) is 180 Å².